The lowest BCUT2D eigenvalue weighted by atomic mass is 9.88. The first-order valence-electron chi connectivity index (χ1n) is 5.07. The first-order chi connectivity index (χ1) is 6.92. The Labute approximate surface area is 91.4 Å². The van der Waals surface area contributed by atoms with Crippen LogP contribution in [-0.2, 0) is 5.54 Å². The number of aryl methyl sites for hydroxylation is 2. The van der Waals surface area contributed by atoms with Crippen molar-refractivity contribution in [2.45, 2.75) is 26.3 Å². The Morgan fingerprint density at radius 1 is 1.27 bits per heavy atom. The summed E-state index contributed by atoms with van der Waals surface area (Å²) in [6.07, 6.45) is 0. The highest BCUT2D eigenvalue weighted by Crippen LogP contribution is 2.27. The van der Waals surface area contributed by atoms with E-state index in [1.807, 2.05) is 26.8 Å². The van der Waals surface area contributed by atoms with E-state index in [1.54, 1.807) is 7.11 Å². The van der Waals surface area contributed by atoms with Crippen molar-refractivity contribution in [3.05, 3.63) is 28.8 Å². The number of nitrogens with two attached hydrogens (primary N) is 2. The van der Waals surface area contributed by atoms with Crippen LogP contribution < -0.4 is 16.2 Å². The van der Waals surface area contributed by atoms with Gasteiger partial charge in [0.25, 0.3) is 0 Å². The Morgan fingerprint density at radius 3 is 2.33 bits per heavy atom. The van der Waals surface area contributed by atoms with Gasteiger partial charge in [0.1, 0.15) is 5.75 Å². The number of hydrogen-bond acceptors (Lipinski definition) is 3. The first kappa shape index (κ1) is 12.0. The van der Waals surface area contributed by atoms with Crippen molar-refractivity contribution in [2.24, 2.45) is 11.5 Å². The third kappa shape index (κ3) is 2.30. The Bertz CT molecular complexity index is 359. The quantitative estimate of drug-likeness (QED) is 0.790. The largest absolute Gasteiger partial charge is 0.496 e. The zero-order valence-corrected chi connectivity index (χ0v) is 9.92. The van der Waals surface area contributed by atoms with E-state index in [4.69, 9.17) is 16.2 Å². The number of methoxy groups -OCH3 is 1. The smallest absolute Gasteiger partial charge is 0.122 e. The summed E-state index contributed by atoms with van der Waals surface area (Å²) in [5.74, 6) is 0.893. The van der Waals surface area contributed by atoms with Crippen LogP contribution in [0.3, 0.4) is 0 Å². The van der Waals surface area contributed by atoms with Crippen molar-refractivity contribution in [3.8, 4) is 5.75 Å². The zero-order chi connectivity index (χ0) is 11.6. The normalized spacial score (nSPS) is 14.8. The van der Waals surface area contributed by atoms with Crippen molar-refractivity contribution in [1.29, 1.82) is 0 Å². The van der Waals surface area contributed by atoms with E-state index in [0.29, 0.717) is 6.54 Å². The van der Waals surface area contributed by atoms with E-state index < -0.39 is 5.54 Å². The molecule has 1 atom stereocenters. The molecule has 0 aromatic heterocycles. The van der Waals surface area contributed by atoms with Gasteiger partial charge in [-0.2, -0.15) is 0 Å². The van der Waals surface area contributed by atoms with Gasteiger partial charge in [0, 0.05) is 6.54 Å². The molecule has 1 aromatic rings. The van der Waals surface area contributed by atoms with Gasteiger partial charge in [0.15, 0.2) is 0 Å². The van der Waals surface area contributed by atoms with Crippen LogP contribution in [0.2, 0.25) is 0 Å². The summed E-state index contributed by atoms with van der Waals surface area (Å²) in [5.41, 5.74) is 14.6. The Morgan fingerprint density at radius 2 is 1.87 bits per heavy atom. The maximum Gasteiger partial charge on any atom is 0.122 e. The van der Waals surface area contributed by atoms with E-state index in [2.05, 4.69) is 6.07 Å². The highest BCUT2D eigenvalue weighted by atomic mass is 16.5. The van der Waals surface area contributed by atoms with Gasteiger partial charge in [0.2, 0.25) is 0 Å². The van der Waals surface area contributed by atoms with Gasteiger partial charge in [-0.15, -0.1) is 0 Å². The Kier molecular flexibility index (Phi) is 3.37. The maximum absolute atomic E-state index is 6.13. The van der Waals surface area contributed by atoms with Crippen LogP contribution in [0.1, 0.15) is 23.6 Å². The van der Waals surface area contributed by atoms with Crippen LogP contribution in [0.25, 0.3) is 0 Å². The SMILES string of the molecule is COc1cc(C)c(C(C)(N)CN)cc1C. The molecule has 0 amide bonds. The predicted octanol–water partition coefficient (Wildman–Crippen LogP) is 1.44. The molecule has 0 fully saturated rings. The fourth-order valence-corrected chi connectivity index (χ4v) is 1.73. The van der Waals surface area contributed by atoms with E-state index in [0.717, 1.165) is 22.4 Å². The summed E-state index contributed by atoms with van der Waals surface area (Å²) in [7, 11) is 1.67. The van der Waals surface area contributed by atoms with E-state index >= 15 is 0 Å². The molecule has 0 aliphatic rings. The van der Waals surface area contributed by atoms with Crippen LogP contribution in [0.15, 0.2) is 12.1 Å². The Balaban J connectivity index is 3.28. The van der Waals surface area contributed by atoms with Crippen molar-refractivity contribution in [1.82, 2.24) is 0 Å². The lowest BCUT2D eigenvalue weighted by Gasteiger charge is -2.26. The fraction of sp³-hybridized carbons (Fsp3) is 0.500. The maximum atomic E-state index is 6.13. The van der Waals surface area contributed by atoms with Gasteiger partial charge in [-0.1, -0.05) is 6.07 Å². The van der Waals surface area contributed by atoms with E-state index in [9.17, 15) is 0 Å². The number of benzene rings is 1. The third-order valence-electron chi connectivity index (χ3n) is 2.78. The molecule has 3 nitrogen and oxygen atoms in total. The van der Waals surface area contributed by atoms with E-state index in [-0.39, 0.29) is 0 Å². The summed E-state index contributed by atoms with van der Waals surface area (Å²) in [5, 5.41) is 0. The molecule has 0 saturated carbocycles. The van der Waals surface area contributed by atoms with Crippen LogP contribution in [-0.4, -0.2) is 13.7 Å². The van der Waals surface area contributed by atoms with Crippen molar-refractivity contribution in [2.75, 3.05) is 13.7 Å². The molecule has 84 valence electrons. The molecule has 0 aliphatic heterocycles. The topological polar surface area (TPSA) is 61.3 Å². The Hall–Kier alpha value is -1.06. The fourth-order valence-electron chi connectivity index (χ4n) is 1.73. The monoisotopic (exact) mass is 208 g/mol. The second-order valence-electron chi connectivity index (χ2n) is 4.26. The highest BCUT2D eigenvalue weighted by Gasteiger charge is 2.22. The summed E-state index contributed by atoms with van der Waals surface area (Å²) in [6, 6.07) is 4.06. The number of ether oxygens (including phenoxy) is 1. The molecule has 15 heavy (non-hydrogen) atoms. The van der Waals surface area contributed by atoms with Crippen LogP contribution in [0, 0.1) is 13.8 Å². The molecule has 0 aliphatic carbocycles. The van der Waals surface area contributed by atoms with Crippen LogP contribution >= 0.6 is 0 Å². The van der Waals surface area contributed by atoms with Crippen LogP contribution in [0.4, 0.5) is 0 Å². The average Bonchev–Trinajstić information content (AvgIpc) is 2.20. The molecule has 0 bridgehead atoms. The molecular weight excluding hydrogens is 188 g/mol. The minimum atomic E-state index is -0.471. The standard InChI is InChI=1S/C12H20N2O/c1-8-6-11(15-4)9(2)5-10(8)12(3,14)7-13/h5-6H,7,13-14H2,1-4H3. The van der Waals surface area contributed by atoms with Crippen LogP contribution in [0.5, 0.6) is 5.75 Å². The van der Waals surface area contributed by atoms with Gasteiger partial charge < -0.3 is 16.2 Å². The first-order valence-corrected chi connectivity index (χ1v) is 5.07. The summed E-state index contributed by atoms with van der Waals surface area (Å²) < 4.78 is 5.26. The third-order valence-corrected chi connectivity index (χ3v) is 2.78. The lowest BCUT2D eigenvalue weighted by Crippen LogP contribution is -2.41. The molecule has 3 heteroatoms. The second-order valence-corrected chi connectivity index (χ2v) is 4.26. The minimum absolute atomic E-state index is 0.430. The van der Waals surface area contributed by atoms with Gasteiger partial charge in [0.05, 0.1) is 12.6 Å². The van der Waals surface area contributed by atoms with Gasteiger partial charge in [-0.25, -0.2) is 0 Å². The molecule has 0 spiro atoms. The average molecular weight is 208 g/mol. The molecular formula is C12H20N2O. The molecule has 0 radical (unpaired) electrons. The van der Waals surface area contributed by atoms with E-state index in [1.165, 1.54) is 0 Å². The highest BCUT2D eigenvalue weighted by molar-refractivity contribution is 5.44. The summed E-state index contributed by atoms with van der Waals surface area (Å²) in [6.45, 7) is 6.41. The number of hydrogen-bond donors (Lipinski definition) is 2. The predicted molar refractivity (Wildman–Crippen MR) is 63.1 cm³/mol. The summed E-state index contributed by atoms with van der Waals surface area (Å²) in [4.78, 5) is 0. The van der Waals surface area contributed by atoms with Gasteiger partial charge in [-0.05, 0) is 43.5 Å². The van der Waals surface area contributed by atoms with Gasteiger partial charge >= 0.3 is 0 Å². The van der Waals surface area contributed by atoms with Crippen molar-refractivity contribution >= 4 is 0 Å². The minimum Gasteiger partial charge on any atom is -0.496 e. The molecule has 1 aromatic carbocycles. The van der Waals surface area contributed by atoms with Crippen molar-refractivity contribution in [3.63, 3.8) is 0 Å². The molecule has 1 unspecified atom stereocenters. The molecule has 1 rings (SSSR count). The molecule has 4 N–H and O–H groups in total. The number of rotatable bonds is 3. The second kappa shape index (κ2) is 4.21. The summed E-state index contributed by atoms with van der Waals surface area (Å²) >= 11 is 0. The zero-order valence-electron chi connectivity index (χ0n) is 9.92. The van der Waals surface area contributed by atoms with Crippen molar-refractivity contribution < 1.29 is 4.74 Å². The van der Waals surface area contributed by atoms with Gasteiger partial charge in [-0.3, -0.25) is 0 Å². The lowest BCUT2D eigenvalue weighted by molar-refractivity contribution is 0.410. The molecule has 0 heterocycles. The molecule has 0 saturated heterocycles.